The van der Waals surface area contributed by atoms with Gasteiger partial charge in [-0.05, 0) is 19.3 Å². The van der Waals surface area contributed by atoms with Crippen molar-refractivity contribution in [3.8, 4) is 0 Å². The van der Waals surface area contributed by atoms with E-state index < -0.39 is 0 Å². The van der Waals surface area contributed by atoms with Crippen molar-refractivity contribution in [2.45, 2.75) is 38.8 Å². The summed E-state index contributed by atoms with van der Waals surface area (Å²) in [4.78, 5) is 34.0. The van der Waals surface area contributed by atoms with Crippen LogP contribution in [0.25, 0.3) is 4.96 Å². The zero-order valence-corrected chi connectivity index (χ0v) is 14.8. The van der Waals surface area contributed by atoms with Gasteiger partial charge in [0, 0.05) is 38.8 Å². The first-order valence-electron chi connectivity index (χ1n) is 8.43. The van der Waals surface area contributed by atoms with Crippen LogP contribution in [0.2, 0.25) is 0 Å². The lowest BCUT2D eigenvalue weighted by Crippen LogP contribution is -2.45. The van der Waals surface area contributed by atoms with Gasteiger partial charge in [-0.2, -0.15) is 9.61 Å². The molecule has 7 nitrogen and oxygen atoms in total. The summed E-state index contributed by atoms with van der Waals surface area (Å²) in [6.07, 6.45) is 2.83. The highest BCUT2D eigenvalue weighted by atomic mass is 32.1. The molecule has 0 aromatic carbocycles. The first-order chi connectivity index (χ1) is 11.5. The van der Waals surface area contributed by atoms with E-state index in [1.165, 1.54) is 15.9 Å². The zero-order chi connectivity index (χ0) is 16.8. The summed E-state index contributed by atoms with van der Waals surface area (Å²) in [5.74, 6) is 0.334. The monoisotopic (exact) mass is 347 g/mol. The molecule has 0 N–H and O–H groups in total. The first kappa shape index (κ1) is 15.7. The Morgan fingerprint density at radius 3 is 2.92 bits per heavy atom. The molecule has 24 heavy (non-hydrogen) atoms. The van der Waals surface area contributed by atoms with Gasteiger partial charge in [0.2, 0.25) is 10.9 Å². The van der Waals surface area contributed by atoms with Crippen molar-refractivity contribution >= 4 is 22.2 Å². The lowest BCUT2D eigenvalue weighted by Gasteiger charge is -2.32. The smallest absolute Gasteiger partial charge is 0.275 e. The maximum Gasteiger partial charge on any atom is 0.275 e. The van der Waals surface area contributed by atoms with Gasteiger partial charge in [0.05, 0.1) is 11.6 Å². The summed E-state index contributed by atoms with van der Waals surface area (Å²) < 4.78 is 1.39. The predicted octanol–water partition coefficient (Wildman–Crippen LogP) is 0.766. The fourth-order valence-corrected chi connectivity index (χ4v) is 4.58. The van der Waals surface area contributed by atoms with Crippen molar-refractivity contribution in [2.24, 2.45) is 5.92 Å². The number of rotatable bonds is 3. The fraction of sp³-hybridized carbons (Fsp3) is 0.625. The molecule has 0 saturated carbocycles. The van der Waals surface area contributed by atoms with Gasteiger partial charge in [-0.15, -0.1) is 0 Å². The van der Waals surface area contributed by atoms with Crippen molar-refractivity contribution in [2.75, 3.05) is 20.1 Å². The molecule has 3 aliphatic heterocycles. The van der Waals surface area contributed by atoms with Crippen molar-refractivity contribution in [3.63, 3.8) is 0 Å². The third-order valence-electron chi connectivity index (χ3n) is 5.07. The number of amides is 1. The third-order valence-corrected chi connectivity index (χ3v) is 6.12. The molecule has 1 amide bonds. The maximum absolute atomic E-state index is 12.3. The molecular weight excluding hydrogens is 326 g/mol. The van der Waals surface area contributed by atoms with Crippen LogP contribution in [0.3, 0.4) is 0 Å². The molecule has 8 heteroatoms. The molecule has 3 saturated heterocycles. The van der Waals surface area contributed by atoms with E-state index in [0.717, 1.165) is 43.1 Å². The minimum atomic E-state index is -0.128. The molecule has 2 bridgehead atoms. The molecule has 0 unspecified atom stereocenters. The van der Waals surface area contributed by atoms with E-state index >= 15 is 0 Å². The van der Waals surface area contributed by atoms with Crippen molar-refractivity contribution in [3.05, 3.63) is 27.1 Å². The van der Waals surface area contributed by atoms with Gasteiger partial charge in [-0.1, -0.05) is 18.3 Å². The minimum Gasteiger partial charge on any atom is -0.341 e. The topological polar surface area (TPSA) is 70.8 Å². The second-order valence-electron chi connectivity index (χ2n) is 6.70. The van der Waals surface area contributed by atoms with E-state index in [9.17, 15) is 9.59 Å². The van der Waals surface area contributed by atoms with Crippen LogP contribution in [0.15, 0.2) is 10.9 Å². The summed E-state index contributed by atoms with van der Waals surface area (Å²) in [5, 5.41) is 5.20. The van der Waals surface area contributed by atoms with Crippen LogP contribution in [0.4, 0.5) is 0 Å². The Morgan fingerprint density at radius 1 is 1.29 bits per heavy atom. The van der Waals surface area contributed by atoms with Crippen LogP contribution >= 0.6 is 11.3 Å². The average molecular weight is 347 g/mol. The minimum absolute atomic E-state index is 0.0775. The number of carbonyl (C=O) groups excluding carboxylic acids is 1. The molecule has 2 aromatic rings. The number of carbonyl (C=O) groups is 1. The van der Waals surface area contributed by atoms with Crippen LogP contribution in [-0.2, 0) is 17.8 Å². The average Bonchev–Trinajstić information content (AvgIpc) is 2.82. The first-order valence-corrected chi connectivity index (χ1v) is 9.24. The van der Waals surface area contributed by atoms with E-state index in [1.807, 2.05) is 18.9 Å². The van der Waals surface area contributed by atoms with Gasteiger partial charge >= 0.3 is 0 Å². The Bertz CT molecular complexity index is 845. The van der Waals surface area contributed by atoms with Crippen LogP contribution < -0.4 is 5.56 Å². The second kappa shape index (κ2) is 5.93. The van der Waals surface area contributed by atoms with E-state index in [2.05, 4.69) is 15.0 Å². The Balaban J connectivity index is 1.60. The van der Waals surface area contributed by atoms with Crippen molar-refractivity contribution in [1.29, 1.82) is 0 Å². The Labute approximate surface area is 143 Å². The molecule has 5 heterocycles. The number of aromatic nitrogens is 3. The summed E-state index contributed by atoms with van der Waals surface area (Å²) in [6, 6.07) is 1.85. The SMILES string of the molecule is CCc1nn2c(=O)cc(CN3C[C@@H]4CC[C@H](C3)N(C)C4=O)nc2s1. The predicted molar refractivity (Wildman–Crippen MR) is 91.1 cm³/mol. The van der Waals surface area contributed by atoms with Crippen molar-refractivity contribution in [1.82, 2.24) is 24.4 Å². The number of hydrogen-bond acceptors (Lipinski definition) is 6. The zero-order valence-electron chi connectivity index (χ0n) is 13.9. The number of piperidine rings is 1. The van der Waals surface area contributed by atoms with Gasteiger partial charge in [0.25, 0.3) is 5.56 Å². The molecular formula is C16H21N5O2S. The van der Waals surface area contributed by atoms with Gasteiger partial charge in [-0.25, -0.2) is 4.98 Å². The summed E-state index contributed by atoms with van der Waals surface area (Å²) in [6.45, 7) is 4.23. The van der Waals surface area contributed by atoms with Gasteiger partial charge in [0.15, 0.2) is 0 Å². The largest absolute Gasteiger partial charge is 0.341 e. The lowest BCUT2D eigenvalue weighted by atomic mass is 9.95. The second-order valence-corrected chi connectivity index (χ2v) is 7.74. The molecule has 2 aromatic heterocycles. The summed E-state index contributed by atoms with van der Waals surface area (Å²) in [7, 11) is 1.91. The van der Waals surface area contributed by atoms with E-state index in [-0.39, 0.29) is 23.4 Å². The van der Waals surface area contributed by atoms with Gasteiger partial charge in [-0.3, -0.25) is 14.5 Å². The highest BCUT2D eigenvalue weighted by Crippen LogP contribution is 2.28. The number of nitrogens with zero attached hydrogens (tertiary/aromatic N) is 5. The number of hydrogen-bond donors (Lipinski definition) is 0. The van der Waals surface area contributed by atoms with E-state index in [4.69, 9.17) is 0 Å². The van der Waals surface area contributed by atoms with Crippen LogP contribution in [0, 0.1) is 5.92 Å². The molecule has 128 valence electrons. The van der Waals surface area contributed by atoms with E-state index in [1.54, 1.807) is 6.07 Å². The van der Waals surface area contributed by atoms with Crippen LogP contribution in [-0.4, -0.2) is 56.5 Å². The normalized spacial score (nSPS) is 24.8. The fourth-order valence-electron chi connectivity index (χ4n) is 3.72. The van der Waals surface area contributed by atoms with Gasteiger partial charge in [0.1, 0.15) is 5.01 Å². The standard InChI is InChI=1S/C16H21N5O2S/c1-3-13-18-21-14(22)6-11(17-16(21)24-13)8-20-7-10-4-5-12(9-20)19(2)15(10)23/h6,10,12H,3-5,7-9H2,1-2H3/t10-,12+/m0/s1. The lowest BCUT2D eigenvalue weighted by molar-refractivity contribution is -0.138. The molecule has 3 fully saturated rings. The quantitative estimate of drug-likeness (QED) is 0.820. The summed E-state index contributed by atoms with van der Waals surface area (Å²) in [5.41, 5.74) is 0.639. The number of fused-ring (bicyclic) bond motifs is 5. The Hall–Kier alpha value is -1.80. The van der Waals surface area contributed by atoms with Crippen LogP contribution in [0.5, 0.6) is 0 Å². The van der Waals surface area contributed by atoms with Crippen LogP contribution in [0.1, 0.15) is 30.5 Å². The van der Waals surface area contributed by atoms with Gasteiger partial charge < -0.3 is 4.90 Å². The number of aryl methyl sites for hydroxylation is 1. The molecule has 5 rings (SSSR count). The molecule has 0 spiro atoms. The Morgan fingerprint density at radius 2 is 2.12 bits per heavy atom. The summed E-state index contributed by atoms with van der Waals surface area (Å²) >= 11 is 1.47. The van der Waals surface area contributed by atoms with E-state index in [0.29, 0.717) is 11.5 Å². The highest BCUT2D eigenvalue weighted by Gasteiger charge is 2.38. The molecule has 2 atom stereocenters. The Kier molecular flexibility index (Phi) is 3.88. The third kappa shape index (κ3) is 2.63. The maximum atomic E-state index is 12.3. The molecule has 0 radical (unpaired) electrons. The van der Waals surface area contributed by atoms with Crippen molar-refractivity contribution < 1.29 is 4.79 Å². The molecule has 3 aliphatic rings. The number of likely N-dealkylation sites (N-methyl/N-ethyl adjacent to an activating group) is 1. The molecule has 0 aliphatic carbocycles. The highest BCUT2D eigenvalue weighted by molar-refractivity contribution is 7.16.